The lowest BCUT2D eigenvalue weighted by molar-refractivity contribution is -0.137. The van der Waals surface area contributed by atoms with Crippen molar-refractivity contribution in [1.29, 1.82) is 0 Å². The number of thiocarbonyl (C=S) groups is 1. The Hall–Kier alpha value is -2.32. The Bertz CT molecular complexity index is 773. The number of hydrogen-bond acceptors (Lipinski definition) is 6. The Morgan fingerprint density at radius 2 is 2.20 bits per heavy atom. The molecule has 1 fully saturated rings. The van der Waals surface area contributed by atoms with E-state index in [0.717, 1.165) is 11.8 Å². The number of hydrogen-bond donors (Lipinski definition) is 2. The summed E-state index contributed by atoms with van der Waals surface area (Å²) in [6.07, 6.45) is 3.58. The molecule has 1 aromatic rings. The number of ether oxygens (including phenoxy) is 1. The number of allylic oxidation sites excluding steroid dienone is 1. The summed E-state index contributed by atoms with van der Waals surface area (Å²) in [5.74, 6) is -0.982. The molecule has 25 heavy (non-hydrogen) atoms. The lowest BCUT2D eigenvalue weighted by Gasteiger charge is -2.12. The van der Waals surface area contributed by atoms with Crippen LogP contribution in [0, 0.1) is 0 Å². The Balaban J connectivity index is 2.32. The minimum atomic E-state index is -0.990. The van der Waals surface area contributed by atoms with Crippen LogP contribution in [0.1, 0.15) is 17.5 Å². The maximum atomic E-state index is 12.4. The first kappa shape index (κ1) is 19.0. The average Bonchev–Trinajstić information content (AvgIpc) is 2.82. The fraction of sp³-hybridized carbons (Fsp3) is 0.235. The summed E-state index contributed by atoms with van der Waals surface area (Å²) in [5.41, 5.74) is 1.30. The van der Waals surface area contributed by atoms with Gasteiger partial charge in [-0.25, -0.2) is 0 Å². The molecule has 0 atom stereocenters. The molecule has 1 aromatic carbocycles. The van der Waals surface area contributed by atoms with E-state index in [9.17, 15) is 14.7 Å². The van der Waals surface area contributed by atoms with Gasteiger partial charge in [0.25, 0.3) is 5.91 Å². The van der Waals surface area contributed by atoms with Gasteiger partial charge in [-0.3, -0.25) is 14.5 Å². The molecule has 0 bridgehead atoms. The predicted octanol–water partition coefficient (Wildman–Crippen LogP) is 2.81. The monoisotopic (exact) mass is 379 g/mol. The Morgan fingerprint density at radius 3 is 2.80 bits per heavy atom. The molecule has 0 unspecified atom stereocenters. The van der Waals surface area contributed by atoms with E-state index in [1.54, 1.807) is 24.3 Å². The zero-order valence-electron chi connectivity index (χ0n) is 13.5. The van der Waals surface area contributed by atoms with Crippen molar-refractivity contribution in [2.45, 2.75) is 12.8 Å². The van der Waals surface area contributed by atoms with Crippen molar-refractivity contribution in [1.82, 2.24) is 4.90 Å². The van der Waals surface area contributed by atoms with Gasteiger partial charge in [-0.05, 0) is 30.2 Å². The highest BCUT2D eigenvalue weighted by atomic mass is 32.2. The maximum absolute atomic E-state index is 12.4. The summed E-state index contributed by atoms with van der Waals surface area (Å²) in [6.45, 7) is 3.69. The Morgan fingerprint density at radius 1 is 1.48 bits per heavy atom. The quantitative estimate of drug-likeness (QED) is 0.428. The third kappa shape index (κ3) is 4.40. The van der Waals surface area contributed by atoms with Gasteiger partial charge in [-0.1, -0.05) is 30.1 Å². The van der Waals surface area contributed by atoms with Crippen LogP contribution in [0.25, 0.3) is 6.08 Å². The first-order chi connectivity index (χ1) is 11.9. The molecule has 0 radical (unpaired) electrons. The van der Waals surface area contributed by atoms with Gasteiger partial charge in [0.05, 0.1) is 18.4 Å². The highest BCUT2D eigenvalue weighted by Crippen LogP contribution is 2.36. The lowest BCUT2D eigenvalue weighted by Crippen LogP contribution is -2.30. The number of benzene rings is 1. The number of methoxy groups -OCH3 is 1. The summed E-state index contributed by atoms with van der Waals surface area (Å²) < 4.78 is 5.49. The molecule has 1 saturated heterocycles. The van der Waals surface area contributed by atoms with E-state index in [1.807, 2.05) is 0 Å². The van der Waals surface area contributed by atoms with Crippen molar-refractivity contribution in [2.24, 2.45) is 0 Å². The van der Waals surface area contributed by atoms with Crippen LogP contribution in [0.4, 0.5) is 0 Å². The zero-order chi connectivity index (χ0) is 18.6. The van der Waals surface area contributed by atoms with E-state index < -0.39 is 5.97 Å². The van der Waals surface area contributed by atoms with Gasteiger partial charge < -0.3 is 14.9 Å². The van der Waals surface area contributed by atoms with Crippen LogP contribution < -0.4 is 4.74 Å². The van der Waals surface area contributed by atoms with Crippen molar-refractivity contribution < 1.29 is 24.5 Å². The van der Waals surface area contributed by atoms with Crippen molar-refractivity contribution in [3.8, 4) is 11.5 Å². The smallest absolute Gasteiger partial charge is 0.305 e. The molecule has 0 aromatic heterocycles. The standard InChI is InChI=1S/C17H17NO5S2/c1-3-4-11-7-10(8-12(23-2)15(11)21)9-13-16(22)18(17(24)25-13)6-5-14(19)20/h3,7-9,21H,1,4-6H2,2H3,(H,19,20)/b13-9+. The second kappa shape index (κ2) is 8.17. The lowest BCUT2D eigenvalue weighted by atomic mass is 10.1. The van der Waals surface area contributed by atoms with Crippen molar-refractivity contribution >= 4 is 46.3 Å². The number of carboxylic acid groups (broad SMARTS) is 1. The molecular weight excluding hydrogens is 362 g/mol. The molecule has 1 heterocycles. The Labute approximate surface area is 154 Å². The van der Waals surface area contributed by atoms with Crippen LogP contribution >= 0.6 is 24.0 Å². The number of nitrogens with zero attached hydrogens (tertiary/aromatic N) is 1. The number of phenols is 1. The SMILES string of the molecule is C=CCc1cc(/C=C2/SC(=S)N(CCC(=O)O)C2=O)cc(OC)c1O. The largest absolute Gasteiger partial charge is 0.504 e. The molecule has 1 amide bonds. The van der Waals surface area contributed by atoms with Crippen molar-refractivity contribution in [3.05, 3.63) is 40.8 Å². The predicted molar refractivity (Wildman–Crippen MR) is 101 cm³/mol. The van der Waals surface area contributed by atoms with E-state index in [0.29, 0.717) is 32.5 Å². The van der Waals surface area contributed by atoms with E-state index in [4.69, 9.17) is 22.1 Å². The van der Waals surface area contributed by atoms with E-state index >= 15 is 0 Å². The van der Waals surface area contributed by atoms with Crippen molar-refractivity contribution in [3.63, 3.8) is 0 Å². The van der Waals surface area contributed by atoms with Gasteiger partial charge in [0.2, 0.25) is 0 Å². The normalized spacial score (nSPS) is 15.7. The fourth-order valence-electron chi connectivity index (χ4n) is 2.29. The summed E-state index contributed by atoms with van der Waals surface area (Å²) >= 11 is 6.27. The summed E-state index contributed by atoms with van der Waals surface area (Å²) in [6, 6.07) is 3.36. The average molecular weight is 379 g/mol. The third-order valence-electron chi connectivity index (χ3n) is 3.48. The maximum Gasteiger partial charge on any atom is 0.305 e. The molecule has 0 spiro atoms. The molecule has 132 valence electrons. The topological polar surface area (TPSA) is 87.1 Å². The molecule has 0 saturated carbocycles. The number of thioether (sulfide) groups is 1. The van der Waals surface area contributed by atoms with E-state index in [1.165, 1.54) is 12.0 Å². The summed E-state index contributed by atoms with van der Waals surface area (Å²) in [7, 11) is 1.45. The summed E-state index contributed by atoms with van der Waals surface area (Å²) in [5, 5.41) is 18.9. The molecule has 1 aliphatic heterocycles. The summed E-state index contributed by atoms with van der Waals surface area (Å²) in [4.78, 5) is 24.8. The van der Waals surface area contributed by atoms with Gasteiger partial charge in [0, 0.05) is 12.1 Å². The zero-order valence-corrected chi connectivity index (χ0v) is 15.2. The second-order valence-electron chi connectivity index (χ2n) is 5.20. The molecular formula is C17H17NO5S2. The second-order valence-corrected chi connectivity index (χ2v) is 6.88. The molecule has 0 aliphatic carbocycles. The van der Waals surface area contributed by atoms with Crippen LogP contribution in [-0.4, -0.2) is 45.0 Å². The van der Waals surface area contributed by atoms with E-state index in [-0.39, 0.29) is 24.6 Å². The molecule has 6 nitrogen and oxygen atoms in total. The van der Waals surface area contributed by atoms with Gasteiger partial charge in [-0.2, -0.15) is 0 Å². The van der Waals surface area contributed by atoms with Crippen LogP contribution in [0.5, 0.6) is 11.5 Å². The highest BCUT2D eigenvalue weighted by molar-refractivity contribution is 8.26. The number of phenolic OH excluding ortho intramolecular Hbond substituents is 1. The van der Waals surface area contributed by atoms with Gasteiger partial charge in [0.1, 0.15) is 4.32 Å². The van der Waals surface area contributed by atoms with Gasteiger partial charge in [-0.15, -0.1) is 6.58 Å². The fourth-order valence-corrected chi connectivity index (χ4v) is 3.60. The number of aromatic hydroxyl groups is 1. The molecule has 8 heteroatoms. The third-order valence-corrected chi connectivity index (χ3v) is 4.86. The van der Waals surface area contributed by atoms with Crippen molar-refractivity contribution in [2.75, 3.05) is 13.7 Å². The number of carbonyl (C=O) groups excluding carboxylic acids is 1. The number of aliphatic carboxylic acids is 1. The molecule has 2 N–H and O–H groups in total. The van der Waals surface area contributed by atoms with Crippen LogP contribution in [0.3, 0.4) is 0 Å². The van der Waals surface area contributed by atoms with Crippen LogP contribution in [-0.2, 0) is 16.0 Å². The number of rotatable bonds is 7. The first-order valence-electron chi connectivity index (χ1n) is 7.35. The minimum absolute atomic E-state index is 0.0357. The number of carboxylic acids is 1. The molecule has 1 aliphatic rings. The van der Waals surface area contributed by atoms with Crippen LogP contribution in [0.2, 0.25) is 0 Å². The number of amides is 1. The van der Waals surface area contributed by atoms with Gasteiger partial charge >= 0.3 is 5.97 Å². The Kier molecular flexibility index (Phi) is 6.22. The van der Waals surface area contributed by atoms with Crippen LogP contribution in [0.15, 0.2) is 29.7 Å². The molecule has 2 rings (SSSR count). The number of carbonyl (C=O) groups is 2. The first-order valence-corrected chi connectivity index (χ1v) is 8.57. The minimum Gasteiger partial charge on any atom is -0.504 e. The highest BCUT2D eigenvalue weighted by Gasteiger charge is 2.32. The van der Waals surface area contributed by atoms with Gasteiger partial charge in [0.15, 0.2) is 11.5 Å². The van der Waals surface area contributed by atoms with E-state index in [2.05, 4.69) is 6.58 Å².